The lowest BCUT2D eigenvalue weighted by molar-refractivity contribution is -0.121. The minimum Gasteiger partial charge on any atom is -0.339 e. The highest BCUT2D eigenvalue weighted by Gasteiger charge is 2.43. The van der Waals surface area contributed by atoms with E-state index in [4.69, 9.17) is 4.52 Å². The van der Waals surface area contributed by atoms with Crippen molar-refractivity contribution in [2.24, 2.45) is 0 Å². The largest absolute Gasteiger partial charge is 0.402 e. The second-order valence-corrected chi connectivity index (χ2v) is 6.70. The number of hydrogen-bond acceptors (Lipinski definition) is 5. The molecule has 0 aromatic carbocycles. The molecule has 2 rings (SSSR count). The third-order valence-corrected chi connectivity index (χ3v) is 4.63. The van der Waals surface area contributed by atoms with E-state index in [1.54, 1.807) is 6.92 Å². The van der Waals surface area contributed by atoms with Gasteiger partial charge in [-0.2, -0.15) is 36.0 Å². The molecule has 1 aromatic rings. The molecule has 126 valence electrons. The van der Waals surface area contributed by atoms with Crippen LogP contribution < -0.4 is 9.44 Å². The standard InChI is InChI=1S/C11H17F3N4O3S/c1-2-8-16-9(17-21-8)10(5-3-4-6-10)18-22(19,20)15-7-11(12,13)14/h15,18H,2-7H2,1H3. The van der Waals surface area contributed by atoms with Crippen LogP contribution in [0.4, 0.5) is 13.2 Å². The number of halogens is 3. The quantitative estimate of drug-likeness (QED) is 0.814. The van der Waals surface area contributed by atoms with Crippen molar-refractivity contribution >= 4 is 10.2 Å². The topological polar surface area (TPSA) is 97.1 Å². The number of aromatic nitrogens is 2. The molecule has 0 radical (unpaired) electrons. The third kappa shape index (κ3) is 4.17. The summed E-state index contributed by atoms with van der Waals surface area (Å²) in [5.74, 6) is 0.517. The molecule has 1 aromatic heterocycles. The Balaban J connectivity index is 2.18. The Bertz CT molecular complexity index is 608. The lowest BCUT2D eigenvalue weighted by Gasteiger charge is -2.26. The van der Waals surface area contributed by atoms with Gasteiger partial charge in [-0.05, 0) is 12.8 Å². The van der Waals surface area contributed by atoms with Gasteiger partial charge in [0.15, 0.2) is 5.82 Å². The van der Waals surface area contributed by atoms with E-state index >= 15 is 0 Å². The number of aryl methyl sites for hydroxylation is 1. The SMILES string of the molecule is CCc1nc(C2(NS(=O)(=O)NCC(F)(F)F)CCCC2)no1. The van der Waals surface area contributed by atoms with Crippen LogP contribution >= 0.6 is 0 Å². The van der Waals surface area contributed by atoms with E-state index in [0.717, 1.165) is 12.8 Å². The normalized spacial score (nSPS) is 18.7. The first kappa shape index (κ1) is 17.2. The van der Waals surface area contributed by atoms with Crippen LogP contribution in [0.3, 0.4) is 0 Å². The number of nitrogens with one attached hydrogen (secondary N) is 2. The molecule has 1 fully saturated rings. The van der Waals surface area contributed by atoms with Gasteiger partial charge in [-0.1, -0.05) is 24.9 Å². The van der Waals surface area contributed by atoms with E-state index in [-0.39, 0.29) is 5.82 Å². The van der Waals surface area contributed by atoms with E-state index in [1.165, 1.54) is 4.72 Å². The van der Waals surface area contributed by atoms with Crippen molar-refractivity contribution in [1.29, 1.82) is 0 Å². The molecule has 1 saturated carbocycles. The lowest BCUT2D eigenvalue weighted by Crippen LogP contribution is -2.51. The zero-order valence-corrected chi connectivity index (χ0v) is 12.7. The highest BCUT2D eigenvalue weighted by atomic mass is 32.2. The summed E-state index contributed by atoms with van der Waals surface area (Å²) < 4.78 is 69.0. The molecular weight excluding hydrogens is 325 g/mol. The van der Waals surface area contributed by atoms with Crippen molar-refractivity contribution in [2.75, 3.05) is 6.54 Å². The van der Waals surface area contributed by atoms with Crippen molar-refractivity contribution in [3.05, 3.63) is 11.7 Å². The molecular formula is C11H17F3N4O3S. The van der Waals surface area contributed by atoms with Crippen LogP contribution in [-0.2, 0) is 22.2 Å². The van der Waals surface area contributed by atoms with Crippen LogP contribution in [-0.4, -0.2) is 31.3 Å². The summed E-state index contributed by atoms with van der Waals surface area (Å²) >= 11 is 0. The summed E-state index contributed by atoms with van der Waals surface area (Å²) in [5.41, 5.74) is -1.12. The summed E-state index contributed by atoms with van der Waals surface area (Å²) in [4.78, 5) is 4.12. The van der Waals surface area contributed by atoms with Gasteiger partial charge in [-0.3, -0.25) is 0 Å². The molecule has 7 nitrogen and oxygen atoms in total. The van der Waals surface area contributed by atoms with Crippen LogP contribution in [0.5, 0.6) is 0 Å². The van der Waals surface area contributed by atoms with Gasteiger partial charge in [0.1, 0.15) is 6.54 Å². The maximum absolute atomic E-state index is 12.2. The molecule has 1 aliphatic carbocycles. The predicted octanol–water partition coefficient (Wildman–Crippen LogP) is 1.39. The summed E-state index contributed by atoms with van der Waals surface area (Å²) in [6.07, 6.45) is -1.89. The van der Waals surface area contributed by atoms with E-state index in [2.05, 4.69) is 14.9 Å². The molecule has 0 aliphatic heterocycles. The van der Waals surface area contributed by atoms with Gasteiger partial charge in [-0.25, -0.2) is 0 Å². The van der Waals surface area contributed by atoms with Gasteiger partial charge < -0.3 is 4.52 Å². The van der Waals surface area contributed by atoms with Crippen LogP contribution in [0.25, 0.3) is 0 Å². The first-order chi connectivity index (χ1) is 10.2. The fourth-order valence-corrected chi connectivity index (χ4v) is 3.65. The van der Waals surface area contributed by atoms with Crippen molar-refractivity contribution in [3.8, 4) is 0 Å². The summed E-state index contributed by atoms with van der Waals surface area (Å²) in [6.45, 7) is 0.165. The molecule has 1 aliphatic rings. The van der Waals surface area contributed by atoms with E-state index in [9.17, 15) is 21.6 Å². The second-order valence-electron chi connectivity index (χ2n) is 5.20. The zero-order chi connectivity index (χ0) is 16.4. The molecule has 2 N–H and O–H groups in total. The number of alkyl halides is 3. The number of hydrogen-bond donors (Lipinski definition) is 2. The highest BCUT2D eigenvalue weighted by molar-refractivity contribution is 7.87. The Kier molecular flexibility index (Phi) is 4.78. The first-order valence-corrected chi connectivity index (χ1v) is 8.32. The van der Waals surface area contributed by atoms with E-state index < -0.39 is 28.5 Å². The van der Waals surface area contributed by atoms with Gasteiger partial charge in [0, 0.05) is 6.42 Å². The van der Waals surface area contributed by atoms with Gasteiger partial charge in [0.05, 0.1) is 5.54 Å². The second kappa shape index (κ2) is 6.13. The third-order valence-electron chi connectivity index (χ3n) is 3.45. The zero-order valence-electron chi connectivity index (χ0n) is 11.9. The Morgan fingerprint density at radius 1 is 1.32 bits per heavy atom. The Morgan fingerprint density at radius 2 is 1.95 bits per heavy atom. The van der Waals surface area contributed by atoms with E-state index in [1.807, 2.05) is 0 Å². The van der Waals surface area contributed by atoms with Crippen LogP contribution in [0, 0.1) is 0 Å². The summed E-state index contributed by atoms with van der Waals surface area (Å²) in [5, 5.41) is 3.77. The number of rotatable bonds is 6. The maximum Gasteiger partial charge on any atom is 0.402 e. The molecule has 0 saturated heterocycles. The van der Waals surface area contributed by atoms with Crippen LogP contribution in [0.2, 0.25) is 0 Å². The van der Waals surface area contributed by atoms with Crippen LogP contribution in [0.1, 0.15) is 44.3 Å². The average molecular weight is 342 g/mol. The summed E-state index contributed by atoms with van der Waals surface area (Å²) in [6, 6.07) is 0. The fourth-order valence-electron chi connectivity index (χ4n) is 2.41. The van der Waals surface area contributed by atoms with Gasteiger partial charge in [0.2, 0.25) is 5.89 Å². The highest BCUT2D eigenvalue weighted by Crippen LogP contribution is 2.37. The molecule has 1 heterocycles. The van der Waals surface area contributed by atoms with Gasteiger partial charge >= 0.3 is 6.18 Å². The predicted molar refractivity (Wildman–Crippen MR) is 69.9 cm³/mol. The molecule has 0 bridgehead atoms. The minimum atomic E-state index is -4.63. The molecule has 22 heavy (non-hydrogen) atoms. The van der Waals surface area contributed by atoms with Crippen molar-refractivity contribution in [3.63, 3.8) is 0 Å². The van der Waals surface area contributed by atoms with Gasteiger partial charge in [0.25, 0.3) is 10.2 Å². The van der Waals surface area contributed by atoms with Crippen molar-refractivity contribution in [2.45, 2.75) is 50.7 Å². The minimum absolute atomic E-state index is 0.166. The smallest absolute Gasteiger partial charge is 0.339 e. The van der Waals surface area contributed by atoms with Crippen molar-refractivity contribution < 1.29 is 26.1 Å². The van der Waals surface area contributed by atoms with Gasteiger partial charge in [-0.15, -0.1) is 0 Å². The Hall–Kier alpha value is -1.20. The van der Waals surface area contributed by atoms with Crippen molar-refractivity contribution in [1.82, 2.24) is 19.6 Å². The van der Waals surface area contributed by atoms with Crippen LogP contribution in [0.15, 0.2) is 4.52 Å². The summed E-state index contributed by atoms with van der Waals surface area (Å²) in [7, 11) is -4.34. The van der Waals surface area contributed by atoms with E-state index in [0.29, 0.717) is 25.2 Å². The lowest BCUT2D eigenvalue weighted by atomic mass is 9.98. The molecule has 0 spiro atoms. The molecule has 0 amide bonds. The Labute approximate surface area is 125 Å². The first-order valence-electron chi connectivity index (χ1n) is 6.84. The molecule has 0 unspecified atom stereocenters. The average Bonchev–Trinajstić information content (AvgIpc) is 3.04. The molecule has 0 atom stereocenters. The molecule has 11 heteroatoms. The monoisotopic (exact) mass is 342 g/mol. The Morgan fingerprint density at radius 3 is 2.45 bits per heavy atom. The number of nitrogens with zero attached hydrogens (tertiary/aromatic N) is 2. The fraction of sp³-hybridized carbons (Fsp3) is 0.818. The maximum atomic E-state index is 12.2.